The fraction of sp³-hybridized carbons (Fsp3) is 0.500. The van der Waals surface area contributed by atoms with Gasteiger partial charge in [-0.2, -0.15) is 13.2 Å². The maximum atomic E-state index is 12.8. The molecule has 2 aromatic rings. The zero-order chi connectivity index (χ0) is 22.7. The molecule has 0 atom stereocenters. The van der Waals surface area contributed by atoms with Gasteiger partial charge in [0.05, 0.1) is 10.6 Å². The third-order valence-electron chi connectivity index (χ3n) is 6.66. The molecule has 0 radical (unpaired) electrons. The van der Waals surface area contributed by atoms with Crippen LogP contribution in [0.1, 0.15) is 55.6 Å². The number of aromatic nitrogens is 1. The summed E-state index contributed by atoms with van der Waals surface area (Å²) in [6.07, 6.45) is 1.71. The molecule has 2 fully saturated rings. The Labute approximate surface area is 191 Å². The van der Waals surface area contributed by atoms with Crippen LogP contribution in [0.4, 0.5) is 19.0 Å². The van der Waals surface area contributed by atoms with Gasteiger partial charge >= 0.3 is 6.18 Å². The van der Waals surface area contributed by atoms with Gasteiger partial charge in [0.15, 0.2) is 0 Å². The Morgan fingerprint density at radius 1 is 1.03 bits per heavy atom. The van der Waals surface area contributed by atoms with Crippen LogP contribution in [-0.2, 0) is 11.0 Å². The molecule has 8 heteroatoms. The first kappa shape index (κ1) is 22.9. The highest BCUT2D eigenvalue weighted by Gasteiger charge is 2.33. The van der Waals surface area contributed by atoms with Crippen molar-refractivity contribution in [3.8, 4) is 0 Å². The first-order chi connectivity index (χ1) is 15.3. The van der Waals surface area contributed by atoms with Crippen molar-refractivity contribution in [1.29, 1.82) is 0 Å². The van der Waals surface area contributed by atoms with Crippen molar-refractivity contribution in [3.63, 3.8) is 0 Å². The standard InChI is InChI=1S/C24H27ClF3N3O/c25-21-14-19(24(26,27)28)15-29-22(21)31-12-10-18(11-13-31)23(32)30-20-8-6-17(7-9-20)16-4-2-1-3-5-16/h1-5,14-15,17-18,20H,6-13H2,(H,30,32). The average molecular weight is 466 g/mol. The fourth-order valence-corrected chi connectivity index (χ4v) is 5.07. The van der Waals surface area contributed by atoms with Crippen LogP contribution in [0.5, 0.6) is 0 Å². The van der Waals surface area contributed by atoms with Gasteiger partial charge in [0.25, 0.3) is 0 Å². The maximum absolute atomic E-state index is 12.8. The number of carbonyl (C=O) groups is 1. The highest BCUT2D eigenvalue weighted by Crippen LogP contribution is 2.35. The highest BCUT2D eigenvalue weighted by molar-refractivity contribution is 6.33. The van der Waals surface area contributed by atoms with Gasteiger partial charge in [-0.3, -0.25) is 4.79 Å². The molecule has 2 aliphatic rings. The van der Waals surface area contributed by atoms with Gasteiger partial charge in [-0.05, 0) is 56.1 Å². The van der Waals surface area contributed by atoms with Gasteiger partial charge < -0.3 is 10.2 Å². The number of rotatable bonds is 4. The number of hydrogen-bond acceptors (Lipinski definition) is 3. The number of carbonyl (C=O) groups excluding carboxylic acids is 1. The van der Waals surface area contributed by atoms with Gasteiger partial charge in [0, 0.05) is 31.2 Å². The van der Waals surface area contributed by atoms with Crippen LogP contribution in [-0.4, -0.2) is 30.0 Å². The van der Waals surface area contributed by atoms with Crippen LogP contribution >= 0.6 is 11.6 Å². The molecular formula is C24H27ClF3N3O. The maximum Gasteiger partial charge on any atom is 0.417 e. The Hall–Kier alpha value is -2.28. The number of alkyl halides is 3. The van der Waals surface area contributed by atoms with Gasteiger partial charge in [-0.25, -0.2) is 4.98 Å². The van der Waals surface area contributed by atoms with Crippen molar-refractivity contribution in [2.75, 3.05) is 18.0 Å². The van der Waals surface area contributed by atoms with E-state index in [1.807, 2.05) is 11.0 Å². The number of benzene rings is 1. The van der Waals surface area contributed by atoms with Crippen molar-refractivity contribution in [2.24, 2.45) is 5.92 Å². The van der Waals surface area contributed by atoms with Crippen molar-refractivity contribution >= 4 is 23.3 Å². The molecule has 1 saturated carbocycles. The second kappa shape index (κ2) is 9.69. The minimum Gasteiger partial charge on any atom is -0.355 e. The van der Waals surface area contributed by atoms with Crippen molar-refractivity contribution in [2.45, 2.75) is 56.7 Å². The third-order valence-corrected chi connectivity index (χ3v) is 6.94. The number of piperidine rings is 1. The molecule has 32 heavy (non-hydrogen) atoms. The van der Waals surface area contributed by atoms with E-state index < -0.39 is 11.7 Å². The molecule has 4 nitrogen and oxygen atoms in total. The lowest BCUT2D eigenvalue weighted by Gasteiger charge is -2.34. The normalized spacial score (nSPS) is 22.6. The number of hydrogen-bond donors (Lipinski definition) is 1. The minimum atomic E-state index is -4.47. The molecule has 1 saturated heterocycles. The van der Waals surface area contributed by atoms with Crippen LogP contribution < -0.4 is 10.2 Å². The summed E-state index contributed by atoms with van der Waals surface area (Å²) in [6, 6.07) is 11.7. The Kier molecular flexibility index (Phi) is 6.93. The van der Waals surface area contributed by atoms with E-state index in [2.05, 4.69) is 34.6 Å². The second-order valence-electron chi connectivity index (χ2n) is 8.76. The monoisotopic (exact) mass is 465 g/mol. The predicted octanol–water partition coefficient (Wildman–Crippen LogP) is 5.81. The fourth-order valence-electron chi connectivity index (χ4n) is 4.79. The van der Waals surface area contributed by atoms with E-state index in [4.69, 9.17) is 11.6 Å². The van der Waals surface area contributed by atoms with Crippen molar-refractivity contribution in [1.82, 2.24) is 10.3 Å². The molecule has 1 aliphatic carbocycles. The molecule has 1 aliphatic heterocycles. The van der Waals surface area contributed by atoms with Crippen LogP contribution in [0, 0.1) is 5.92 Å². The first-order valence-electron chi connectivity index (χ1n) is 11.1. The molecule has 2 heterocycles. The van der Waals surface area contributed by atoms with Crippen molar-refractivity contribution in [3.05, 3.63) is 58.7 Å². The van der Waals surface area contributed by atoms with Crippen LogP contribution in [0.2, 0.25) is 5.02 Å². The molecule has 0 unspecified atom stereocenters. The number of amides is 1. The van der Waals surface area contributed by atoms with E-state index in [9.17, 15) is 18.0 Å². The third kappa shape index (κ3) is 5.37. The summed E-state index contributed by atoms with van der Waals surface area (Å²) in [5, 5.41) is 3.21. The van der Waals surface area contributed by atoms with Crippen LogP contribution in [0.15, 0.2) is 42.6 Å². The SMILES string of the molecule is O=C(NC1CCC(c2ccccc2)CC1)C1CCN(c2ncc(C(F)(F)F)cc2Cl)CC1. The Balaban J connectivity index is 1.25. The molecule has 1 N–H and O–H groups in total. The van der Waals surface area contributed by atoms with E-state index in [-0.39, 0.29) is 22.9 Å². The number of nitrogens with one attached hydrogen (secondary N) is 1. The lowest BCUT2D eigenvalue weighted by Crippen LogP contribution is -2.45. The number of pyridine rings is 1. The van der Waals surface area contributed by atoms with E-state index >= 15 is 0 Å². The smallest absolute Gasteiger partial charge is 0.355 e. The summed E-state index contributed by atoms with van der Waals surface area (Å²) in [6.45, 7) is 1.08. The molecule has 0 bridgehead atoms. The molecule has 172 valence electrons. The van der Waals surface area contributed by atoms with E-state index in [0.29, 0.717) is 37.7 Å². The highest BCUT2D eigenvalue weighted by atomic mass is 35.5. The van der Waals surface area contributed by atoms with E-state index in [0.717, 1.165) is 37.9 Å². The van der Waals surface area contributed by atoms with Gasteiger partial charge in [-0.1, -0.05) is 41.9 Å². The Bertz CT molecular complexity index is 922. The zero-order valence-electron chi connectivity index (χ0n) is 17.7. The summed E-state index contributed by atoms with van der Waals surface area (Å²) >= 11 is 6.07. The number of nitrogens with zero attached hydrogens (tertiary/aromatic N) is 2. The minimum absolute atomic E-state index is 0.0158. The Morgan fingerprint density at radius 3 is 2.28 bits per heavy atom. The lowest BCUT2D eigenvalue weighted by molar-refractivity contribution is -0.137. The summed E-state index contributed by atoms with van der Waals surface area (Å²) in [7, 11) is 0. The molecule has 1 aromatic carbocycles. The van der Waals surface area contributed by atoms with Crippen LogP contribution in [0.3, 0.4) is 0 Å². The quantitative estimate of drug-likeness (QED) is 0.619. The lowest BCUT2D eigenvalue weighted by atomic mass is 9.81. The largest absolute Gasteiger partial charge is 0.417 e. The summed E-state index contributed by atoms with van der Waals surface area (Å²) < 4.78 is 38.5. The van der Waals surface area contributed by atoms with Gasteiger partial charge in [0.2, 0.25) is 5.91 Å². The molecule has 0 spiro atoms. The summed E-state index contributed by atoms with van der Waals surface area (Å²) in [5.74, 6) is 0.900. The van der Waals surface area contributed by atoms with E-state index in [1.165, 1.54) is 5.56 Å². The topological polar surface area (TPSA) is 45.2 Å². The average Bonchev–Trinajstić information content (AvgIpc) is 2.79. The molecule has 1 amide bonds. The molecule has 4 rings (SSSR count). The Morgan fingerprint density at radius 2 is 1.69 bits per heavy atom. The predicted molar refractivity (Wildman–Crippen MR) is 119 cm³/mol. The first-order valence-corrected chi connectivity index (χ1v) is 11.5. The van der Waals surface area contributed by atoms with Crippen molar-refractivity contribution < 1.29 is 18.0 Å². The molecule has 1 aromatic heterocycles. The number of anilines is 1. The van der Waals surface area contributed by atoms with Gasteiger partial charge in [0.1, 0.15) is 5.82 Å². The molecular weight excluding hydrogens is 439 g/mol. The second-order valence-corrected chi connectivity index (χ2v) is 9.16. The van der Waals surface area contributed by atoms with Crippen LogP contribution in [0.25, 0.3) is 0 Å². The van der Waals surface area contributed by atoms with Gasteiger partial charge in [-0.15, -0.1) is 0 Å². The summed E-state index contributed by atoms with van der Waals surface area (Å²) in [5.41, 5.74) is 0.516. The zero-order valence-corrected chi connectivity index (χ0v) is 18.5. The summed E-state index contributed by atoms with van der Waals surface area (Å²) in [4.78, 5) is 18.6. The van der Waals surface area contributed by atoms with E-state index in [1.54, 1.807) is 0 Å². The number of halogens is 4.